The van der Waals surface area contributed by atoms with Crippen molar-refractivity contribution in [3.05, 3.63) is 54.2 Å². The number of halogens is 2. The van der Waals surface area contributed by atoms with Crippen LogP contribution in [0, 0.1) is 41.5 Å². The minimum absolute atomic E-state index is 0.167. The number of thiophene rings is 1. The fraction of sp³-hybridized carbons (Fsp3) is 0.412. The van der Waals surface area contributed by atoms with Gasteiger partial charge in [-0.05, 0) is 85.9 Å². The van der Waals surface area contributed by atoms with Crippen molar-refractivity contribution in [2.24, 2.45) is 0 Å². The predicted molar refractivity (Wildman–Crippen MR) is 91.9 cm³/mol. The summed E-state index contributed by atoms with van der Waals surface area (Å²) in [6, 6.07) is 0. The van der Waals surface area contributed by atoms with E-state index in [0.717, 1.165) is 15.5 Å². The van der Waals surface area contributed by atoms with Crippen molar-refractivity contribution in [3.63, 3.8) is 0 Å². The third kappa shape index (κ3) is 2.41. The quantitative estimate of drug-likeness (QED) is 0.546. The van der Waals surface area contributed by atoms with Crippen LogP contribution in [0.4, 0.5) is 0 Å². The molecule has 1 aromatic carbocycles. The highest BCUT2D eigenvalue weighted by Crippen LogP contribution is 2.43. The Labute approximate surface area is 135 Å². The van der Waals surface area contributed by atoms with Gasteiger partial charge in [-0.1, -0.05) is 11.6 Å². The van der Waals surface area contributed by atoms with E-state index in [0.29, 0.717) is 0 Å². The van der Waals surface area contributed by atoms with Crippen LogP contribution in [0.15, 0.2) is 5.38 Å². The molecule has 0 saturated heterocycles. The molecule has 1 heterocycles. The summed E-state index contributed by atoms with van der Waals surface area (Å²) in [7, 11) is 0. The van der Waals surface area contributed by atoms with Crippen molar-refractivity contribution < 1.29 is 0 Å². The first-order valence-corrected chi connectivity index (χ1v) is 8.41. The van der Waals surface area contributed by atoms with E-state index in [-0.39, 0.29) is 5.38 Å². The maximum atomic E-state index is 6.78. The zero-order chi connectivity index (χ0) is 15.2. The molecular weight excluding hydrogens is 307 g/mol. The van der Waals surface area contributed by atoms with E-state index < -0.39 is 0 Å². The summed E-state index contributed by atoms with van der Waals surface area (Å²) < 4.78 is 0. The van der Waals surface area contributed by atoms with Crippen molar-refractivity contribution in [2.75, 3.05) is 0 Å². The van der Waals surface area contributed by atoms with Crippen molar-refractivity contribution in [3.8, 4) is 0 Å². The summed E-state index contributed by atoms with van der Waals surface area (Å²) in [4.78, 5) is 1.06. The van der Waals surface area contributed by atoms with Crippen LogP contribution < -0.4 is 0 Å². The second-order valence-corrected chi connectivity index (χ2v) is 7.22. The van der Waals surface area contributed by atoms with E-state index in [9.17, 15) is 0 Å². The van der Waals surface area contributed by atoms with E-state index in [2.05, 4.69) is 40.0 Å². The van der Waals surface area contributed by atoms with Gasteiger partial charge in [0, 0.05) is 4.88 Å². The summed E-state index contributed by atoms with van der Waals surface area (Å²) in [5.74, 6) is 0. The topological polar surface area (TPSA) is 0 Å². The number of rotatable bonds is 2. The fourth-order valence-electron chi connectivity index (χ4n) is 2.66. The average molecular weight is 327 g/mol. The fourth-order valence-corrected chi connectivity index (χ4v) is 4.59. The molecule has 2 rings (SSSR count). The van der Waals surface area contributed by atoms with Gasteiger partial charge in [-0.2, -0.15) is 0 Å². The van der Waals surface area contributed by atoms with Crippen molar-refractivity contribution in [2.45, 2.75) is 46.9 Å². The summed E-state index contributed by atoms with van der Waals surface area (Å²) in [5.41, 5.74) is 8.92. The summed E-state index contributed by atoms with van der Waals surface area (Å²) in [5, 5.41) is 2.72. The van der Waals surface area contributed by atoms with E-state index in [1.807, 2.05) is 6.92 Å². The lowest BCUT2D eigenvalue weighted by Crippen LogP contribution is -2.05. The Morgan fingerprint density at radius 3 is 1.70 bits per heavy atom. The third-order valence-electron chi connectivity index (χ3n) is 4.47. The molecule has 0 spiro atoms. The van der Waals surface area contributed by atoms with Crippen LogP contribution in [0.3, 0.4) is 0 Å². The maximum absolute atomic E-state index is 6.78. The van der Waals surface area contributed by atoms with Gasteiger partial charge in [0.05, 0.1) is 10.4 Å². The third-order valence-corrected chi connectivity index (χ3v) is 6.81. The van der Waals surface area contributed by atoms with Gasteiger partial charge in [0.25, 0.3) is 0 Å². The van der Waals surface area contributed by atoms with Gasteiger partial charge in [0.15, 0.2) is 0 Å². The monoisotopic (exact) mass is 326 g/mol. The Morgan fingerprint density at radius 2 is 1.30 bits per heavy atom. The minimum Gasteiger partial charge on any atom is -0.145 e. The molecule has 0 bridgehead atoms. The van der Waals surface area contributed by atoms with Crippen LogP contribution in [0.1, 0.15) is 49.2 Å². The van der Waals surface area contributed by atoms with E-state index in [1.54, 1.807) is 11.3 Å². The SMILES string of the molecule is Cc1csc(C(Cl)c2c(C)c(C)c(C)c(C)c2C)c1Cl. The molecule has 0 radical (unpaired) electrons. The van der Waals surface area contributed by atoms with Gasteiger partial charge in [0.2, 0.25) is 0 Å². The molecule has 0 saturated carbocycles. The Morgan fingerprint density at radius 1 is 0.850 bits per heavy atom. The molecule has 0 aliphatic rings. The van der Waals surface area contributed by atoms with Gasteiger partial charge in [0.1, 0.15) is 0 Å². The number of alkyl halides is 1. The Bertz CT molecular complexity index is 639. The number of benzene rings is 1. The highest BCUT2D eigenvalue weighted by atomic mass is 35.5. The van der Waals surface area contributed by atoms with E-state index in [4.69, 9.17) is 23.2 Å². The lowest BCUT2D eigenvalue weighted by Gasteiger charge is -2.22. The molecule has 0 fully saturated rings. The first-order chi connectivity index (χ1) is 9.27. The molecule has 0 aliphatic carbocycles. The van der Waals surface area contributed by atoms with Crippen LogP contribution in [0.5, 0.6) is 0 Å². The molecule has 108 valence electrons. The predicted octanol–water partition coefficient (Wildman–Crippen LogP) is 6.58. The standard InChI is InChI=1S/C17H20Cl2S/c1-8-7-20-17(15(8)18)16(19)14-12(5)10(3)9(2)11(4)13(14)6/h7,16H,1-6H3. The molecule has 0 nitrogen and oxygen atoms in total. The summed E-state index contributed by atoms with van der Waals surface area (Å²) in [6.07, 6.45) is 0. The highest BCUT2D eigenvalue weighted by molar-refractivity contribution is 7.11. The summed E-state index contributed by atoms with van der Waals surface area (Å²) in [6.45, 7) is 12.9. The molecule has 1 atom stereocenters. The van der Waals surface area contributed by atoms with Gasteiger partial charge in [-0.15, -0.1) is 22.9 Å². The molecule has 0 amide bonds. The van der Waals surface area contributed by atoms with E-state index >= 15 is 0 Å². The zero-order valence-electron chi connectivity index (χ0n) is 12.8. The summed E-state index contributed by atoms with van der Waals surface area (Å²) >= 11 is 14.8. The van der Waals surface area contributed by atoms with E-state index in [1.165, 1.54) is 33.4 Å². The molecule has 20 heavy (non-hydrogen) atoms. The Balaban J connectivity index is 2.67. The van der Waals surface area contributed by atoms with Crippen molar-refractivity contribution in [1.82, 2.24) is 0 Å². The molecular formula is C17H20Cl2S. The van der Waals surface area contributed by atoms with Crippen LogP contribution in [-0.4, -0.2) is 0 Å². The van der Waals surface area contributed by atoms with Crippen LogP contribution in [0.25, 0.3) is 0 Å². The van der Waals surface area contributed by atoms with Gasteiger partial charge >= 0.3 is 0 Å². The zero-order valence-corrected chi connectivity index (χ0v) is 15.1. The molecule has 3 heteroatoms. The minimum atomic E-state index is -0.167. The van der Waals surface area contributed by atoms with Crippen LogP contribution in [0.2, 0.25) is 5.02 Å². The lowest BCUT2D eigenvalue weighted by molar-refractivity contribution is 1.05. The maximum Gasteiger partial charge on any atom is 0.0948 e. The number of hydrogen-bond acceptors (Lipinski definition) is 1. The highest BCUT2D eigenvalue weighted by Gasteiger charge is 2.23. The normalized spacial score (nSPS) is 12.8. The second kappa shape index (κ2) is 5.71. The van der Waals surface area contributed by atoms with Gasteiger partial charge < -0.3 is 0 Å². The average Bonchev–Trinajstić information content (AvgIpc) is 2.74. The molecule has 0 aliphatic heterocycles. The molecule has 1 aromatic heterocycles. The molecule has 0 N–H and O–H groups in total. The second-order valence-electron chi connectivity index (χ2n) is 5.50. The van der Waals surface area contributed by atoms with Crippen LogP contribution >= 0.6 is 34.5 Å². The van der Waals surface area contributed by atoms with Crippen molar-refractivity contribution in [1.29, 1.82) is 0 Å². The largest absolute Gasteiger partial charge is 0.145 e. The Hall–Kier alpha value is -0.500. The van der Waals surface area contributed by atoms with Crippen LogP contribution in [-0.2, 0) is 0 Å². The van der Waals surface area contributed by atoms with Gasteiger partial charge in [-0.3, -0.25) is 0 Å². The smallest absolute Gasteiger partial charge is 0.0948 e. The Kier molecular flexibility index (Phi) is 4.53. The van der Waals surface area contributed by atoms with Crippen molar-refractivity contribution >= 4 is 34.5 Å². The number of hydrogen-bond donors (Lipinski definition) is 0. The first-order valence-electron chi connectivity index (χ1n) is 6.71. The molecule has 1 unspecified atom stereocenters. The first kappa shape index (κ1) is 15.9. The lowest BCUT2D eigenvalue weighted by atomic mass is 9.88. The number of aryl methyl sites for hydroxylation is 1. The molecule has 2 aromatic rings. The van der Waals surface area contributed by atoms with Gasteiger partial charge in [-0.25, -0.2) is 0 Å².